The van der Waals surface area contributed by atoms with Gasteiger partial charge in [-0.15, -0.1) is 0 Å². The molecule has 0 spiro atoms. The van der Waals surface area contributed by atoms with Gasteiger partial charge in [0.25, 0.3) is 5.91 Å². The Bertz CT molecular complexity index is 1100. The van der Waals surface area contributed by atoms with Crippen LogP contribution in [-0.2, 0) is 6.54 Å². The van der Waals surface area contributed by atoms with Crippen LogP contribution in [0.5, 0.6) is 0 Å². The maximum absolute atomic E-state index is 12.7. The third-order valence-electron chi connectivity index (χ3n) is 4.50. The molecule has 7 heteroatoms. The fourth-order valence-corrected chi connectivity index (χ4v) is 3.02. The van der Waals surface area contributed by atoms with E-state index in [0.29, 0.717) is 17.9 Å². The lowest BCUT2D eigenvalue weighted by Crippen LogP contribution is -2.26. The van der Waals surface area contributed by atoms with E-state index in [0.717, 1.165) is 22.5 Å². The number of carbonyl (C=O) groups is 1. The van der Waals surface area contributed by atoms with Gasteiger partial charge in [-0.2, -0.15) is 10.2 Å². The zero-order chi connectivity index (χ0) is 19.5. The van der Waals surface area contributed by atoms with E-state index in [-0.39, 0.29) is 5.91 Å². The van der Waals surface area contributed by atoms with Crippen molar-refractivity contribution in [1.29, 1.82) is 0 Å². The first kappa shape index (κ1) is 17.7. The van der Waals surface area contributed by atoms with Crippen molar-refractivity contribution in [2.24, 2.45) is 0 Å². The highest BCUT2D eigenvalue weighted by atomic mass is 16.2. The zero-order valence-electron chi connectivity index (χ0n) is 15.7. The number of rotatable bonds is 5. The maximum atomic E-state index is 12.7. The molecule has 0 saturated heterocycles. The molecule has 0 aliphatic rings. The smallest absolute Gasteiger partial charge is 0.271 e. The minimum atomic E-state index is -0.140. The second kappa shape index (κ2) is 7.48. The Labute approximate surface area is 162 Å². The number of aromatic amines is 1. The highest BCUT2D eigenvalue weighted by Crippen LogP contribution is 2.17. The van der Waals surface area contributed by atoms with Gasteiger partial charge in [0.2, 0.25) is 0 Å². The Morgan fingerprint density at radius 1 is 1.14 bits per heavy atom. The Morgan fingerprint density at radius 3 is 2.75 bits per heavy atom. The summed E-state index contributed by atoms with van der Waals surface area (Å²) in [4.78, 5) is 18.6. The number of H-pyrrole nitrogens is 1. The number of pyridine rings is 1. The van der Waals surface area contributed by atoms with Crippen LogP contribution in [-0.4, -0.2) is 42.8 Å². The maximum Gasteiger partial charge on any atom is 0.271 e. The first-order valence-electron chi connectivity index (χ1n) is 8.93. The van der Waals surface area contributed by atoms with E-state index in [4.69, 9.17) is 0 Å². The van der Waals surface area contributed by atoms with Gasteiger partial charge in [-0.3, -0.25) is 14.9 Å². The topological polar surface area (TPSA) is 79.7 Å². The summed E-state index contributed by atoms with van der Waals surface area (Å²) in [7, 11) is 1.76. The van der Waals surface area contributed by atoms with Crippen LogP contribution in [0.25, 0.3) is 17.1 Å². The molecule has 0 unspecified atom stereocenters. The van der Waals surface area contributed by atoms with Gasteiger partial charge in [0.15, 0.2) is 0 Å². The largest absolute Gasteiger partial charge is 0.336 e. The number of carbonyl (C=O) groups excluding carboxylic acids is 1. The van der Waals surface area contributed by atoms with Gasteiger partial charge in [-0.1, -0.05) is 24.3 Å². The third kappa shape index (κ3) is 3.55. The fraction of sp³-hybridized carbons (Fsp3) is 0.143. The molecule has 1 amide bonds. The van der Waals surface area contributed by atoms with Gasteiger partial charge in [0, 0.05) is 31.5 Å². The number of benzene rings is 1. The van der Waals surface area contributed by atoms with E-state index in [1.165, 1.54) is 0 Å². The highest BCUT2D eigenvalue weighted by molar-refractivity contribution is 5.93. The lowest BCUT2D eigenvalue weighted by Gasteiger charge is -2.14. The lowest BCUT2D eigenvalue weighted by atomic mass is 10.2. The van der Waals surface area contributed by atoms with Crippen LogP contribution in [0.15, 0.2) is 67.1 Å². The number of nitrogens with one attached hydrogen (secondary N) is 1. The van der Waals surface area contributed by atoms with Gasteiger partial charge in [0.1, 0.15) is 11.4 Å². The van der Waals surface area contributed by atoms with Gasteiger partial charge in [-0.25, -0.2) is 4.68 Å². The van der Waals surface area contributed by atoms with Crippen molar-refractivity contribution in [2.75, 3.05) is 7.05 Å². The SMILES string of the molecule is Cc1ccccc1-n1cc(CN(C)C(=O)c2cc(-c3ccccn3)n[nH]2)cn1. The number of hydrogen-bond donors (Lipinski definition) is 1. The summed E-state index contributed by atoms with van der Waals surface area (Å²) in [6, 6.07) is 15.3. The molecule has 0 bridgehead atoms. The van der Waals surface area contributed by atoms with E-state index in [2.05, 4.69) is 20.3 Å². The van der Waals surface area contributed by atoms with Crippen LogP contribution < -0.4 is 0 Å². The molecule has 4 rings (SSSR count). The molecular formula is C21H20N6O. The summed E-state index contributed by atoms with van der Waals surface area (Å²) in [6.07, 6.45) is 5.42. The molecule has 7 nitrogen and oxygen atoms in total. The monoisotopic (exact) mass is 372 g/mol. The van der Waals surface area contributed by atoms with Crippen molar-refractivity contribution >= 4 is 5.91 Å². The minimum Gasteiger partial charge on any atom is -0.336 e. The quantitative estimate of drug-likeness (QED) is 0.583. The van der Waals surface area contributed by atoms with Crippen molar-refractivity contribution in [3.63, 3.8) is 0 Å². The molecule has 0 aliphatic heterocycles. The fourth-order valence-electron chi connectivity index (χ4n) is 3.02. The molecule has 3 aromatic heterocycles. The van der Waals surface area contributed by atoms with E-state index in [1.807, 2.05) is 60.3 Å². The Kier molecular flexibility index (Phi) is 4.72. The van der Waals surface area contributed by atoms with Gasteiger partial charge < -0.3 is 4.90 Å². The normalized spacial score (nSPS) is 10.8. The lowest BCUT2D eigenvalue weighted by molar-refractivity contribution is 0.0779. The molecule has 3 heterocycles. The minimum absolute atomic E-state index is 0.140. The van der Waals surface area contributed by atoms with Crippen LogP contribution in [0.2, 0.25) is 0 Å². The summed E-state index contributed by atoms with van der Waals surface area (Å²) in [6.45, 7) is 2.49. The molecule has 1 aromatic carbocycles. The van der Waals surface area contributed by atoms with Crippen LogP contribution in [0.4, 0.5) is 0 Å². The number of aryl methyl sites for hydroxylation is 1. The van der Waals surface area contributed by atoms with Crippen molar-refractivity contribution in [3.05, 3.63) is 83.9 Å². The Morgan fingerprint density at radius 2 is 1.96 bits per heavy atom. The molecule has 0 atom stereocenters. The van der Waals surface area contributed by atoms with Crippen LogP contribution in [0, 0.1) is 6.92 Å². The second-order valence-corrected chi connectivity index (χ2v) is 6.62. The first-order valence-corrected chi connectivity index (χ1v) is 8.93. The van der Waals surface area contributed by atoms with Gasteiger partial charge in [0.05, 0.1) is 17.6 Å². The van der Waals surface area contributed by atoms with Gasteiger partial charge in [-0.05, 0) is 36.8 Å². The molecule has 0 saturated carbocycles. The molecule has 1 N–H and O–H groups in total. The predicted molar refractivity (Wildman–Crippen MR) is 106 cm³/mol. The number of para-hydroxylation sites is 1. The summed E-state index contributed by atoms with van der Waals surface area (Å²) in [5.41, 5.74) is 4.90. The standard InChI is InChI=1S/C21H20N6O/c1-15-7-3-4-9-20(15)27-14-16(12-23-27)13-26(2)21(28)19-11-18(24-25-19)17-8-5-6-10-22-17/h3-12,14H,13H2,1-2H3,(H,24,25). The molecular weight excluding hydrogens is 352 g/mol. The average molecular weight is 372 g/mol. The molecule has 4 aromatic rings. The predicted octanol–water partition coefficient (Wildman–Crippen LogP) is 3.24. The second-order valence-electron chi connectivity index (χ2n) is 6.62. The van der Waals surface area contributed by atoms with Crippen molar-refractivity contribution in [2.45, 2.75) is 13.5 Å². The molecule has 140 valence electrons. The number of amides is 1. The Hall–Kier alpha value is -3.74. The number of nitrogens with zero attached hydrogens (tertiary/aromatic N) is 5. The summed E-state index contributed by atoms with van der Waals surface area (Å²) in [5, 5.41) is 11.4. The average Bonchev–Trinajstić information content (AvgIpc) is 3.38. The third-order valence-corrected chi connectivity index (χ3v) is 4.50. The van der Waals surface area contributed by atoms with Crippen LogP contribution in [0.3, 0.4) is 0 Å². The summed E-state index contributed by atoms with van der Waals surface area (Å²) >= 11 is 0. The highest BCUT2D eigenvalue weighted by Gasteiger charge is 2.17. The van der Waals surface area contributed by atoms with Crippen molar-refractivity contribution in [1.82, 2.24) is 29.9 Å². The van der Waals surface area contributed by atoms with Crippen molar-refractivity contribution in [3.8, 4) is 17.1 Å². The molecule has 0 aliphatic carbocycles. The van der Waals surface area contributed by atoms with E-state index < -0.39 is 0 Å². The number of hydrogen-bond acceptors (Lipinski definition) is 4. The number of aromatic nitrogens is 5. The van der Waals surface area contributed by atoms with Gasteiger partial charge >= 0.3 is 0 Å². The van der Waals surface area contributed by atoms with Crippen LogP contribution in [0.1, 0.15) is 21.6 Å². The Balaban J connectivity index is 1.47. The summed E-state index contributed by atoms with van der Waals surface area (Å²) in [5.74, 6) is -0.140. The van der Waals surface area contributed by atoms with E-state index in [1.54, 1.807) is 30.4 Å². The van der Waals surface area contributed by atoms with Crippen molar-refractivity contribution < 1.29 is 4.79 Å². The summed E-state index contributed by atoms with van der Waals surface area (Å²) < 4.78 is 1.83. The van der Waals surface area contributed by atoms with Crippen LogP contribution >= 0.6 is 0 Å². The van der Waals surface area contributed by atoms with E-state index >= 15 is 0 Å². The molecule has 28 heavy (non-hydrogen) atoms. The molecule has 0 radical (unpaired) electrons. The first-order chi connectivity index (χ1) is 13.6. The molecule has 0 fully saturated rings. The zero-order valence-corrected chi connectivity index (χ0v) is 15.7. The van der Waals surface area contributed by atoms with E-state index in [9.17, 15) is 4.79 Å².